The molecule has 0 spiro atoms. The van der Waals surface area contributed by atoms with E-state index in [1.807, 2.05) is 0 Å². The lowest BCUT2D eigenvalue weighted by atomic mass is 10.0. The fourth-order valence-corrected chi connectivity index (χ4v) is 2.07. The third-order valence-electron chi connectivity index (χ3n) is 2.80. The van der Waals surface area contributed by atoms with Gasteiger partial charge in [-0.25, -0.2) is 0 Å². The third kappa shape index (κ3) is 4.91. The van der Waals surface area contributed by atoms with Crippen molar-refractivity contribution in [2.45, 2.75) is 25.3 Å². The second-order valence-corrected chi connectivity index (χ2v) is 4.47. The molecule has 1 fully saturated rings. The first-order valence-electron chi connectivity index (χ1n) is 5.79. The van der Waals surface area contributed by atoms with E-state index in [2.05, 4.69) is 5.32 Å². The SMILES string of the molecule is COCC(=O)NC1CCN(C(=O)CCCl)CC1. The first-order valence-corrected chi connectivity index (χ1v) is 6.33. The van der Waals surface area contributed by atoms with Crippen LogP contribution >= 0.6 is 11.6 Å². The Morgan fingerprint density at radius 1 is 1.41 bits per heavy atom. The summed E-state index contributed by atoms with van der Waals surface area (Å²) < 4.78 is 4.75. The lowest BCUT2D eigenvalue weighted by Crippen LogP contribution is -2.47. The zero-order valence-corrected chi connectivity index (χ0v) is 10.8. The van der Waals surface area contributed by atoms with Gasteiger partial charge in [-0.15, -0.1) is 11.6 Å². The standard InChI is InChI=1S/C11H19ClN2O3/c1-17-8-10(15)13-9-3-6-14(7-4-9)11(16)2-5-12/h9H,2-8H2,1H3,(H,13,15). The van der Waals surface area contributed by atoms with Gasteiger partial charge in [-0.05, 0) is 12.8 Å². The number of piperidine rings is 1. The molecule has 2 amide bonds. The first kappa shape index (κ1) is 14.3. The number of ether oxygens (including phenoxy) is 1. The van der Waals surface area contributed by atoms with Crippen LogP contribution in [0.4, 0.5) is 0 Å². The van der Waals surface area contributed by atoms with Crippen molar-refractivity contribution in [2.75, 3.05) is 32.7 Å². The summed E-state index contributed by atoms with van der Waals surface area (Å²) in [4.78, 5) is 24.7. The fourth-order valence-electron chi connectivity index (χ4n) is 1.91. The molecule has 6 heteroatoms. The van der Waals surface area contributed by atoms with E-state index in [9.17, 15) is 9.59 Å². The maximum atomic E-state index is 11.6. The Morgan fingerprint density at radius 3 is 2.59 bits per heavy atom. The average molecular weight is 263 g/mol. The molecule has 0 unspecified atom stereocenters. The van der Waals surface area contributed by atoms with Crippen LogP contribution in [-0.2, 0) is 14.3 Å². The Bertz CT molecular complexity index is 265. The molecule has 0 aromatic rings. The third-order valence-corrected chi connectivity index (χ3v) is 2.99. The number of nitrogens with zero attached hydrogens (tertiary/aromatic N) is 1. The molecule has 0 aliphatic carbocycles. The molecule has 5 nitrogen and oxygen atoms in total. The monoisotopic (exact) mass is 262 g/mol. The normalized spacial score (nSPS) is 16.9. The Morgan fingerprint density at radius 2 is 2.06 bits per heavy atom. The van der Waals surface area contributed by atoms with Gasteiger partial charge < -0.3 is 15.0 Å². The van der Waals surface area contributed by atoms with Crippen molar-refractivity contribution in [2.24, 2.45) is 0 Å². The van der Waals surface area contributed by atoms with Crippen LogP contribution in [0.3, 0.4) is 0 Å². The number of amides is 2. The van der Waals surface area contributed by atoms with E-state index in [4.69, 9.17) is 16.3 Å². The van der Waals surface area contributed by atoms with Crippen molar-refractivity contribution in [3.8, 4) is 0 Å². The van der Waals surface area contributed by atoms with Crippen molar-refractivity contribution >= 4 is 23.4 Å². The molecule has 0 bridgehead atoms. The van der Waals surface area contributed by atoms with Crippen molar-refractivity contribution in [1.29, 1.82) is 0 Å². The van der Waals surface area contributed by atoms with Crippen LogP contribution in [0, 0.1) is 0 Å². The van der Waals surface area contributed by atoms with Gasteiger partial charge in [-0.3, -0.25) is 9.59 Å². The largest absolute Gasteiger partial charge is 0.375 e. The highest BCUT2D eigenvalue weighted by Gasteiger charge is 2.23. The highest BCUT2D eigenvalue weighted by molar-refractivity contribution is 6.18. The molecule has 1 saturated heterocycles. The van der Waals surface area contributed by atoms with Crippen molar-refractivity contribution in [3.63, 3.8) is 0 Å². The number of carbonyl (C=O) groups excluding carboxylic acids is 2. The van der Waals surface area contributed by atoms with Gasteiger partial charge in [-0.1, -0.05) is 0 Å². The molecule has 1 rings (SSSR count). The predicted octanol–water partition coefficient (Wildman–Crippen LogP) is 0.369. The molecule has 0 aromatic carbocycles. The van der Waals surface area contributed by atoms with Crippen LogP contribution in [0.5, 0.6) is 0 Å². The summed E-state index contributed by atoms with van der Waals surface area (Å²) >= 11 is 5.53. The molecule has 1 N–H and O–H groups in total. The van der Waals surface area contributed by atoms with E-state index in [1.165, 1.54) is 7.11 Å². The molecule has 1 aliphatic rings. The van der Waals surface area contributed by atoms with E-state index in [-0.39, 0.29) is 24.5 Å². The van der Waals surface area contributed by atoms with Crippen LogP contribution in [0.2, 0.25) is 0 Å². The maximum Gasteiger partial charge on any atom is 0.246 e. The van der Waals surface area contributed by atoms with E-state index in [1.54, 1.807) is 4.90 Å². The van der Waals surface area contributed by atoms with Gasteiger partial charge in [0.25, 0.3) is 0 Å². The number of rotatable bonds is 5. The van der Waals surface area contributed by atoms with Gasteiger partial charge in [-0.2, -0.15) is 0 Å². The molecule has 17 heavy (non-hydrogen) atoms. The quantitative estimate of drug-likeness (QED) is 0.729. The highest BCUT2D eigenvalue weighted by atomic mass is 35.5. The van der Waals surface area contributed by atoms with Gasteiger partial charge in [0.1, 0.15) is 6.61 Å². The van der Waals surface area contributed by atoms with Gasteiger partial charge >= 0.3 is 0 Å². The Kier molecular flexibility index (Phi) is 6.29. The second-order valence-electron chi connectivity index (χ2n) is 4.09. The van der Waals surface area contributed by atoms with Crippen LogP contribution in [0.25, 0.3) is 0 Å². The first-order chi connectivity index (χ1) is 8.17. The Hall–Kier alpha value is -0.810. The average Bonchev–Trinajstić information content (AvgIpc) is 2.30. The Balaban J connectivity index is 2.26. The number of nitrogens with one attached hydrogen (secondary N) is 1. The molecule has 0 radical (unpaired) electrons. The molecule has 1 heterocycles. The van der Waals surface area contributed by atoms with Crippen LogP contribution in [-0.4, -0.2) is 55.4 Å². The van der Waals surface area contributed by atoms with Gasteiger partial charge in [0.05, 0.1) is 0 Å². The lowest BCUT2D eigenvalue weighted by Gasteiger charge is -2.32. The summed E-state index contributed by atoms with van der Waals surface area (Å²) in [7, 11) is 1.49. The van der Waals surface area contributed by atoms with Gasteiger partial charge in [0, 0.05) is 38.5 Å². The van der Waals surface area contributed by atoms with Crippen LogP contribution in [0.15, 0.2) is 0 Å². The van der Waals surface area contributed by atoms with Gasteiger partial charge in [0.2, 0.25) is 11.8 Å². The minimum absolute atomic E-state index is 0.0887. The highest BCUT2D eigenvalue weighted by Crippen LogP contribution is 2.11. The molecule has 1 aliphatic heterocycles. The molecular weight excluding hydrogens is 244 g/mol. The van der Waals surface area contributed by atoms with Gasteiger partial charge in [0.15, 0.2) is 0 Å². The summed E-state index contributed by atoms with van der Waals surface area (Å²) in [6, 6.07) is 0.151. The number of methoxy groups -OCH3 is 1. The van der Waals surface area contributed by atoms with E-state index < -0.39 is 0 Å². The fraction of sp³-hybridized carbons (Fsp3) is 0.818. The minimum Gasteiger partial charge on any atom is -0.375 e. The van der Waals surface area contributed by atoms with Crippen LogP contribution in [0.1, 0.15) is 19.3 Å². The Labute approximate surface area is 106 Å². The van der Waals surface area contributed by atoms with Crippen molar-refractivity contribution < 1.29 is 14.3 Å². The number of alkyl halides is 1. The topological polar surface area (TPSA) is 58.6 Å². The molecule has 98 valence electrons. The van der Waals surface area contributed by atoms with E-state index in [0.29, 0.717) is 25.4 Å². The number of carbonyl (C=O) groups is 2. The van der Waals surface area contributed by atoms with Crippen LogP contribution < -0.4 is 5.32 Å². The lowest BCUT2D eigenvalue weighted by molar-refractivity contribution is -0.132. The minimum atomic E-state index is -0.0990. The summed E-state index contributed by atoms with van der Waals surface area (Å²) in [6.07, 6.45) is 1.98. The van der Waals surface area contributed by atoms with E-state index in [0.717, 1.165) is 12.8 Å². The molecular formula is C11H19ClN2O3. The molecule has 0 atom stereocenters. The zero-order valence-electron chi connectivity index (χ0n) is 10.1. The smallest absolute Gasteiger partial charge is 0.246 e. The van der Waals surface area contributed by atoms with Crippen molar-refractivity contribution in [1.82, 2.24) is 10.2 Å². The number of hydrogen-bond donors (Lipinski definition) is 1. The zero-order chi connectivity index (χ0) is 12.7. The molecule has 0 saturated carbocycles. The van der Waals surface area contributed by atoms with E-state index >= 15 is 0 Å². The summed E-state index contributed by atoms with van der Waals surface area (Å²) in [6.45, 7) is 1.46. The molecule has 0 aromatic heterocycles. The summed E-state index contributed by atoms with van der Waals surface area (Å²) in [5.41, 5.74) is 0. The number of likely N-dealkylation sites (tertiary alicyclic amines) is 1. The number of hydrogen-bond acceptors (Lipinski definition) is 3. The summed E-state index contributed by atoms with van der Waals surface area (Å²) in [5, 5.41) is 2.88. The number of halogens is 1. The van der Waals surface area contributed by atoms with Crippen molar-refractivity contribution in [3.05, 3.63) is 0 Å². The summed E-state index contributed by atoms with van der Waals surface area (Å²) in [5.74, 6) is 0.364. The predicted molar refractivity (Wildman–Crippen MR) is 65.0 cm³/mol. The second kappa shape index (κ2) is 7.50. The maximum absolute atomic E-state index is 11.6.